The molecule has 2 heterocycles. The summed E-state index contributed by atoms with van der Waals surface area (Å²) in [6.07, 6.45) is 1.26. The van der Waals surface area contributed by atoms with Crippen LogP contribution in [0, 0.1) is 0 Å². The lowest BCUT2D eigenvalue weighted by Gasteiger charge is -2.34. The first kappa shape index (κ1) is 15.9. The molecule has 5 heteroatoms. The molecule has 0 amide bonds. The third kappa shape index (κ3) is 5.13. The van der Waals surface area contributed by atoms with Gasteiger partial charge in [0, 0.05) is 50.7 Å². The largest absolute Gasteiger partial charge is 0.308 e. The Hall–Kier alpha value is -0.490. The van der Waals surface area contributed by atoms with Gasteiger partial charge in [-0.1, -0.05) is 20.8 Å². The molecular weight excluding hydrogens is 268 g/mol. The van der Waals surface area contributed by atoms with Crippen LogP contribution in [0.5, 0.6) is 0 Å². The third-order valence-corrected chi connectivity index (χ3v) is 4.55. The van der Waals surface area contributed by atoms with Crippen LogP contribution in [0.3, 0.4) is 0 Å². The molecule has 0 aromatic carbocycles. The zero-order chi connectivity index (χ0) is 14.4. The Kier molecular flexibility index (Phi) is 6.42. The number of hydrogen-bond acceptors (Lipinski definition) is 5. The molecule has 1 aliphatic heterocycles. The molecule has 0 radical (unpaired) electrons. The third-order valence-electron chi connectivity index (χ3n) is 3.65. The minimum Gasteiger partial charge on any atom is -0.308 e. The van der Waals surface area contributed by atoms with E-state index in [9.17, 15) is 0 Å². The Labute approximate surface area is 127 Å². The first-order chi connectivity index (χ1) is 9.67. The van der Waals surface area contributed by atoms with Crippen molar-refractivity contribution in [1.82, 2.24) is 20.1 Å². The first-order valence-electron chi connectivity index (χ1n) is 7.78. The van der Waals surface area contributed by atoms with Gasteiger partial charge in [-0.2, -0.15) is 0 Å². The zero-order valence-electron chi connectivity index (χ0n) is 13.1. The fourth-order valence-electron chi connectivity index (χ4n) is 2.51. The molecule has 1 N–H and O–H groups in total. The van der Waals surface area contributed by atoms with Gasteiger partial charge < -0.3 is 10.2 Å². The standard InChI is InChI=1S/C15H28N4S/c1-4-5-18-6-8-19(9-7-18)11-14-12-20-15(17-14)10-16-13(2)3/h12-13,16H,4-11H2,1-3H3. The van der Waals surface area contributed by atoms with Crippen LogP contribution < -0.4 is 5.32 Å². The number of aromatic nitrogens is 1. The van der Waals surface area contributed by atoms with E-state index in [4.69, 9.17) is 4.98 Å². The van der Waals surface area contributed by atoms with E-state index in [0.29, 0.717) is 6.04 Å². The maximum absolute atomic E-state index is 4.73. The molecule has 0 unspecified atom stereocenters. The highest BCUT2D eigenvalue weighted by molar-refractivity contribution is 7.09. The van der Waals surface area contributed by atoms with E-state index in [1.165, 1.54) is 49.8 Å². The van der Waals surface area contributed by atoms with E-state index >= 15 is 0 Å². The number of nitrogens with zero attached hydrogens (tertiary/aromatic N) is 3. The highest BCUT2D eigenvalue weighted by Gasteiger charge is 2.17. The van der Waals surface area contributed by atoms with Gasteiger partial charge in [-0.05, 0) is 13.0 Å². The van der Waals surface area contributed by atoms with Gasteiger partial charge in [0.1, 0.15) is 5.01 Å². The van der Waals surface area contributed by atoms with Crippen molar-refractivity contribution in [3.05, 3.63) is 16.1 Å². The normalized spacial score (nSPS) is 18.0. The van der Waals surface area contributed by atoms with Crippen molar-refractivity contribution in [3.8, 4) is 0 Å². The number of rotatable bonds is 7. The molecule has 0 spiro atoms. The van der Waals surface area contributed by atoms with Gasteiger partial charge in [0.2, 0.25) is 0 Å². The molecule has 1 fully saturated rings. The fraction of sp³-hybridized carbons (Fsp3) is 0.800. The van der Waals surface area contributed by atoms with E-state index in [2.05, 4.69) is 41.3 Å². The van der Waals surface area contributed by atoms with Crippen molar-refractivity contribution in [2.45, 2.75) is 46.3 Å². The smallest absolute Gasteiger partial charge is 0.107 e. The van der Waals surface area contributed by atoms with Crippen LogP contribution in [0.25, 0.3) is 0 Å². The number of hydrogen-bond donors (Lipinski definition) is 1. The summed E-state index contributed by atoms with van der Waals surface area (Å²) >= 11 is 1.78. The minimum atomic E-state index is 0.522. The highest BCUT2D eigenvalue weighted by Crippen LogP contribution is 2.13. The van der Waals surface area contributed by atoms with E-state index in [0.717, 1.165) is 13.1 Å². The Morgan fingerprint density at radius 3 is 2.60 bits per heavy atom. The Morgan fingerprint density at radius 2 is 1.95 bits per heavy atom. The fourth-order valence-corrected chi connectivity index (χ4v) is 3.25. The molecule has 0 bridgehead atoms. The van der Waals surface area contributed by atoms with Crippen molar-refractivity contribution in [3.63, 3.8) is 0 Å². The quantitative estimate of drug-likeness (QED) is 0.835. The lowest BCUT2D eigenvalue weighted by atomic mass is 10.3. The molecule has 0 saturated carbocycles. The SMILES string of the molecule is CCCN1CCN(Cc2csc(CNC(C)C)n2)CC1. The average molecular weight is 296 g/mol. The van der Waals surface area contributed by atoms with Crippen molar-refractivity contribution in [1.29, 1.82) is 0 Å². The topological polar surface area (TPSA) is 31.4 Å². The molecular formula is C15H28N4S. The van der Waals surface area contributed by atoms with E-state index in [1.54, 1.807) is 11.3 Å². The molecule has 0 aliphatic carbocycles. The van der Waals surface area contributed by atoms with Gasteiger partial charge in [-0.15, -0.1) is 11.3 Å². The summed E-state index contributed by atoms with van der Waals surface area (Å²) in [4.78, 5) is 9.83. The number of thiazole rings is 1. The molecule has 1 aliphatic rings. The summed E-state index contributed by atoms with van der Waals surface area (Å²) in [6, 6.07) is 0.522. The summed E-state index contributed by atoms with van der Waals surface area (Å²) in [5.74, 6) is 0. The van der Waals surface area contributed by atoms with Crippen LogP contribution in [-0.2, 0) is 13.1 Å². The second-order valence-corrected chi connectivity index (χ2v) is 6.83. The first-order valence-corrected chi connectivity index (χ1v) is 8.66. The zero-order valence-corrected chi connectivity index (χ0v) is 13.9. The predicted octanol–water partition coefficient (Wildman–Crippen LogP) is 2.17. The minimum absolute atomic E-state index is 0.522. The molecule has 1 aromatic heterocycles. The van der Waals surface area contributed by atoms with Crippen LogP contribution in [0.15, 0.2) is 5.38 Å². The molecule has 20 heavy (non-hydrogen) atoms. The van der Waals surface area contributed by atoms with Crippen LogP contribution in [-0.4, -0.2) is 53.5 Å². The lowest BCUT2D eigenvalue weighted by molar-refractivity contribution is 0.126. The van der Waals surface area contributed by atoms with Gasteiger partial charge in [-0.3, -0.25) is 4.90 Å². The summed E-state index contributed by atoms with van der Waals surface area (Å²) in [5, 5.41) is 6.85. The number of piperazine rings is 1. The van der Waals surface area contributed by atoms with Gasteiger partial charge in [0.25, 0.3) is 0 Å². The van der Waals surface area contributed by atoms with Gasteiger partial charge in [0.15, 0.2) is 0 Å². The monoisotopic (exact) mass is 296 g/mol. The predicted molar refractivity (Wildman–Crippen MR) is 86.1 cm³/mol. The van der Waals surface area contributed by atoms with Crippen molar-refractivity contribution >= 4 is 11.3 Å². The Balaban J connectivity index is 1.74. The molecule has 1 aromatic rings. The maximum atomic E-state index is 4.73. The molecule has 2 rings (SSSR count). The summed E-state index contributed by atoms with van der Waals surface area (Å²) in [6.45, 7) is 14.5. The lowest BCUT2D eigenvalue weighted by Crippen LogP contribution is -2.46. The van der Waals surface area contributed by atoms with Crippen LogP contribution in [0.4, 0.5) is 0 Å². The maximum Gasteiger partial charge on any atom is 0.107 e. The van der Waals surface area contributed by atoms with Crippen molar-refractivity contribution in [2.75, 3.05) is 32.7 Å². The van der Waals surface area contributed by atoms with Crippen molar-refractivity contribution in [2.24, 2.45) is 0 Å². The molecule has 4 nitrogen and oxygen atoms in total. The Morgan fingerprint density at radius 1 is 1.25 bits per heavy atom. The van der Waals surface area contributed by atoms with Gasteiger partial charge in [0.05, 0.1) is 5.69 Å². The molecule has 0 atom stereocenters. The van der Waals surface area contributed by atoms with E-state index in [1.807, 2.05) is 0 Å². The summed E-state index contributed by atoms with van der Waals surface area (Å²) < 4.78 is 0. The van der Waals surface area contributed by atoms with Gasteiger partial charge >= 0.3 is 0 Å². The van der Waals surface area contributed by atoms with Crippen LogP contribution in [0.1, 0.15) is 37.9 Å². The van der Waals surface area contributed by atoms with Crippen LogP contribution in [0.2, 0.25) is 0 Å². The van der Waals surface area contributed by atoms with E-state index in [-0.39, 0.29) is 0 Å². The number of nitrogens with one attached hydrogen (secondary N) is 1. The molecule has 1 saturated heterocycles. The van der Waals surface area contributed by atoms with Gasteiger partial charge in [-0.25, -0.2) is 4.98 Å². The van der Waals surface area contributed by atoms with Crippen molar-refractivity contribution < 1.29 is 0 Å². The summed E-state index contributed by atoms with van der Waals surface area (Å²) in [7, 11) is 0. The average Bonchev–Trinajstić information content (AvgIpc) is 2.87. The summed E-state index contributed by atoms with van der Waals surface area (Å²) in [5.41, 5.74) is 1.24. The molecule has 114 valence electrons. The second kappa shape index (κ2) is 8.08. The Bertz CT molecular complexity index is 383. The van der Waals surface area contributed by atoms with E-state index < -0.39 is 0 Å². The second-order valence-electron chi connectivity index (χ2n) is 5.89. The van der Waals surface area contributed by atoms with Crippen LogP contribution >= 0.6 is 11.3 Å². The highest BCUT2D eigenvalue weighted by atomic mass is 32.1.